The monoisotopic (exact) mass is 202 g/mol. The van der Waals surface area contributed by atoms with E-state index in [0.717, 1.165) is 34.9 Å². The predicted molar refractivity (Wildman–Crippen MR) is 50.4 cm³/mol. The molecule has 0 saturated carbocycles. The molecule has 0 fully saturated rings. The zero-order valence-electron chi connectivity index (χ0n) is 6.66. The molecule has 0 unspecified atom stereocenters. The van der Waals surface area contributed by atoms with Crippen molar-refractivity contribution in [2.45, 2.75) is 13.3 Å². The van der Waals surface area contributed by atoms with Crippen LogP contribution in [0.2, 0.25) is 10.0 Å². The molecule has 0 radical (unpaired) electrons. The molecular weight excluding hydrogens is 195 g/mol. The molecule has 0 saturated heterocycles. The van der Waals surface area contributed by atoms with E-state index in [9.17, 15) is 0 Å². The van der Waals surface area contributed by atoms with Crippen LogP contribution in [0.3, 0.4) is 0 Å². The summed E-state index contributed by atoms with van der Waals surface area (Å²) in [6.45, 7) is 2.71. The molecule has 0 amide bonds. The van der Waals surface area contributed by atoms with Gasteiger partial charge in [-0.3, -0.25) is 0 Å². The highest BCUT2D eigenvalue weighted by Crippen LogP contribution is 2.38. The van der Waals surface area contributed by atoms with Gasteiger partial charge in [-0.05, 0) is 18.6 Å². The van der Waals surface area contributed by atoms with E-state index in [2.05, 4.69) is 0 Å². The maximum atomic E-state index is 5.96. The Hall–Kier alpha value is -0.400. The molecule has 2 rings (SSSR count). The Labute approximate surface area is 81.2 Å². The van der Waals surface area contributed by atoms with Crippen LogP contribution in [0.5, 0.6) is 5.75 Å². The molecule has 1 heterocycles. The first-order valence-corrected chi connectivity index (χ1v) is 4.56. The Kier molecular flexibility index (Phi) is 1.93. The third-order valence-electron chi connectivity index (χ3n) is 2.15. The summed E-state index contributed by atoms with van der Waals surface area (Å²) in [7, 11) is 0. The van der Waals surface area contributed by atoms with Crippen molar-refractivity contribution in [2.24, 2.45) is 0 Å². The summed E-state index contributed by atoms with van der Waals surface area (Å²) >= 11 is 11.9. The van der Waals surface area contributed by atoms with Gasteiger partial charge in [-0.1, -0.05) is 23.2 Å². The molecule has 0 N–H and O–H groups in total. The van der Waals surface area contributed by atoms with Crippen molar-refractivity contribution in [1.29, 1.82) is 0 Å². The third-order valence-corrected chi connectivity index (χ3v) is 2.83. The van der Waals surface area contributed by atoms with Crippen molar-refractivity contribution in [3.8, 4) is 5.75 Å². The molecule has 12 heavy (non-hydrogen) atoms. The summed E-state index contributed by atoms with van der Waals surface area (Å²) in [5.74, 6) is 0.818. The van der Waals surface area contributed by atoms with E-state index in [1.807, 2.05) is 6.92 Å². The highest BCUT2D eigenvalue weighted by Gasteiger charge is 2.19. The van der Waals surface area contributed by atoms with Gasteiger partial charge >= 0.3 is 0 Å². The van der Waals surface area contributed by atoms with Gasteiger partial charge in [-0.15, -0.1) is 0 Å². The molecule has 1 nitrogen and oxygen atoms in total. The second-order valence-electron chi connectivity index (χ2n) is 2.87. The first-order valence-electron chi connectivity index (χ1n) is 3.80. The van der Waals surface area contributed by atoms with E-state index >= 15 is 0 Å². The Bertz CT molecular complexity index is 334. The van der Waals surface area contributed by atoms with Crippen LogP contribution in [0.4, 0.5) is 0 Å². The average Bonchev–Trinajstić information content (AvgIpc) is 2.48. The summed E-state index contributed by atoms with van der Waals surface area (Å²) in [6, 6.07) is 1.74. The van der Waals surface area contributed by atoms with Crippen LogP contribution < -0.4 is 4.74 Å². The summed E-state index contributed by atoms with van der Waals surface area (Å²) in [4.78, 5) is 0. The van der Waals surface area contributed by atoms with Crippen molar-refractivity contribution in [1.82, 2.24) is 0 Å². The van der Waals surface area contributed by atoms with Gasteiger partial charge in [0.1, 0.15) is 5.75 Å². The van der Waals surface area contributed by atoms with Gasteiger partial charge in [0.25, 0.3) is 0 Å². The van der Waals surface area contributed by atoms with Gasteiger partial charge in [-0.2, -0.15) is 0 Å². The Morgan fingerprint density at radius 2 is 2.08 bits per heavy atom. The van der Waals surface area contributed by atoms with Gasteiger partial charge in [0, 0.05) is 17.0 Å². The highest BCUT2D eigenvalue weighted by molar-refractivity contribution is 6.36. The van der Waals surface area contributed by atoms with Crippen LogP contribution in [0.25, 0.3) is 0 Å². The van der Waals surface area contributed by atoms with Crippen LogP contribution in [-0.4, -0.2) is 6.61 Å². The molecule has 0 bridgehead atoms. The predicted octanol–water partition coefficient (Wildman–Crippen LogP) is 3.24. The molecule has 0 aliphatic carbocycles. The van der Waals surface area contributed by atoms with E-state index in [1.54, 1.807) is 6.07 Å². The number of rotatable bonds is 0. The Balaban J connectivity index is 2.69. The molecular formula is C9H8Cl2O. The first kappa shape index (κ1) is 8.21. The Morgan fingerprint density at radius 3 is 2.83 bits per heavy atom. The normalized spacial score (nSPS) is 14.2. The number of hydrogen-bond acceptors (Lipinski definition) is 1. The number of ether oxygens (including phenoxy) is 1. The largest absolute Gasteiger partial charge is 0.491 e. The maximum Gasteiger partial charge on any atom is 0.141 e. The molecule has 1 aromatic rings. The van der Waals surface area contributed by atoms with E-state index in [1.165, 1.54) is 0 Å². The molecule has 1 aliphatic heterocycles. The molecule has 1 aromatic carbocycles. The second kappa shape index (κ2) is 2.82. The first-order chi connectivity index (χ1) is 5.70. The fourth-order valence-electron chi connectivity index (χ4n) is 1.46. The van der Waals surface area contributed by atoms with Crippen molar-refractivity contribution in [2.75, 3.05) is 6.61 Å². The van der Waals surface area contributed by atoms with Crippen LogP contribution >= 0.6 is 23.2 Å². The average molecular weight is 203 g/mol. The minimum Gasteiger partial charge on any atom is -0.491 e. The lowest BCUT2D eigenvalue weighted by molar-refractivity contribution is 0.357. The van der Waals surface area contributed by atoms with Gasteiger partial charge in [0.15, 0.2) is 0 Å². The molecule has 3 heteroatoms. The van der Waals surface area contributed by atoms with Crippen molar-refractivity contribution in [3.63, 3.8) is 0 Å². The summed E-state index contributed by atoms with van der Waals surface area (Å²) < 4.78 is 5.37. The van der Waals surface area contributed by atoms with E-state index in [4.69, 9.17) is 27.9 Å². The molecule has 64 valence electrons. The van der Waals surface area contributed by atoms with Crippen LogP contribution in [0.1, 0.15) is 11.1 Å². The summed E-state index contributed by atoms with van der Waals surface area (Å²) in [5, 5.41) is 1.35. The topological polar surface area (TPSA) is 9.23 Å². The van der Waals surface area contributed by atoms with E-state index in [-0.39, 0.29) is 0 Å². The molecule has 1 aliphatic rings. The summed E-state index contributed by atoms with van der Waals surface area (Å²) in [5.41, 5.74) is 2.25. The highest BCUT2D eigenvalue weighted by atomic mass is 35.5. The fraction of sp³-hybridized carbons (Fsp3) is 0.333. The zero-order chi connectivity index (χ0) is 8.72. The van der Waals surface area contributed by atoms with Crippen molar-refractivity contribution >= 4 is 23.2 Å². The molecule has 0 aromatic heterocycles. The van der Waals surface area contributed by atoms with Gasteiger partial charge in [-0.25, -0.2) is 0 Å². The lowest BCUT2D eigenvalue weighted by Crippen LogP contribution is -1.86. The third kappa shape index (κ3) is 1.08. The maximum absolute atomic E-state index is 5.96. The lowest BCUT2D eigenvalue weighted by Gasteiger charge is -2.06. The van der Waals surface area contributed by atoms with E-state index < -0.39 is 0 Å². The van der Waals surface area contributed by atoms with Gasteiger partial charge < -0.3 is 4.74 Å². The smallest absolute Gasteiger partial charge is 0.141 e. The minimum absolute atomic E-state index is 0.623. The van der Waals surface area contributed by atoms with Gasteiger partial charge in [0.05, 0.1) is 11.6 Å². The van der Waals surface area contributed by atoms with Crippen molar-refractivity contribution < 1.29 is 4.74 Å². The SMILES string of the molecule is Cc1c(Cl)cc(Cl)c2c1CCO2. The fourth-order valence-corrected chi connectivity index (χ4v) is 2.01. The minimum atomic E-state index is 0.623. The van der Waals surface area contributed by atoms with E-state index in [0.29, 0.717) is 5.02 Å². The summed E-state index contributed by atoms with van der Waals surface area (Å²) in [6.07, 6.45) is 0.918. The number of halogens is 2. The standard InChI is InChI=1S/C9H8Cl2O/c1-5-6-2-3-12-9(6)8(11)4-7(5)10/h4H,2-3H2,1H3. The Morgan fingerprint density at radius 1 is 1.33 bits per heavy atom. The second-order valence-corrected chi connectivity index (χ2v) is 3.69. The van der Waals surface area contributed by atoms with Crippen molar-refractivity contribution in [3.05, 3.63) is 27.2 Å². The number of benzene rings is 1. The van der Waals surface area contributed by atoms with Crippen LogP contribution in [0, 0.1) is 6.92 Å². The van der Waals surface area contributed by atoms with Crippen LogP contribution in [0.15, 0.2) is 6.07 Å². The molecule has 0 atom stereocenters. The molecule has 0 spiro atoms. The zero-order valence-corrected chi connectivity index (χ0v) is 8.17. The number of hydrogen-bond donors (Lipinski definition) is 0. The number of fused-ring (bicyclic) bond motifs is 1. The van der Waals surface area contributed by atoms with Crippen LogP contribution in [-0.2, 0) is 6.42 Å². The quantitative estimate of drug-likeness (QED) is 0.628. The lowest BCUT2D eigenvalue weighted by atomic mass is 10.1. The van der Waals surface area contributed by atoms with Gasteiger partial charge in [0.2, 0.25) is 0 Å².